The number of methoxy groups -OCH3 is 1. The topological polar surface area (TPSA) is 179 Å². The molecule has 11 heteroatoms. The molecule has 0 unspecified atom stereocenters. The predicted octanol–water partition coefficient (Wildman–Crippen LogP) is -4.74. The van der Waals surface area contributed by atoms with Crippen molar-refractivity contribution < 1.29 is 54.7 Å². The first kappa shape index (κ1) is 19.9. The van der Waals surface area contributed by atoms with E-state index in [4.69, 9.17) is 24.1 Å². The van der Waals surface area contributed by atoms with E-state index in [1.165, 1.54) is 7.11 Å². The normalized spacial score (nSPS) is 50.0. The number of aliphatic hydroxyl groups is 7. The fourth-order valence-corrected chi connectivity index (χ4v) is 2.74. The Bertz CT molecular complexity index is 378. The maximum atomic E-state index is 10.2. The van der Waals surface area contributed by atoms with Crippen molar-refractivity contribution in [2.75, 3.05) is 20.3 Å². The highest BCUT2D eigenvalue weighted by atomic mass is 16.7. The molecule has 0 amide bonds. The molecule has 0 aromatic rings. The van der Waals surface area contributed by atoms with Crippen LogP contribution < -0.4 is 0 Å². The fourth-order valence-electron chi connectivity index (χ4n) is 2.74. The minimum absolute atomic E-state index is 0.581. The second kappa shape index (κ2) is 8.29. The SMILES string of the molecule is CO[C@H]1O[C@H](CO)[C@@H](O)[C@H](O[C@@H]2O[C@H](CO)[C@@H](O)[C@H](O)[C@@H]2O)[C@@H]1O. The summed E-state index contributed by atoms with van der Waals surface area (Å²) in [7, 11) is 1.24. The van der Waals surface area contributed by atoms with Crippen LogP contribution in [0.15, 0.2) is 0 Å². The van der Waals surface area contributed by atoms with Gasteiger partial charge in [-0.25, -0.2) is 0 Å². The maximum Gasteiger partial charge on any atom is 0.187 e. The van der Waals surface area contributed by atoms with Gasteiger partial charge in [0, 0.05) is 7.11 Å². The van der Waals surface area contributed by atoms with Gasteiger partial charge in [0.05, 0.1) is 13.2 Å². The van der Waals surface area contributed by atoms with E-state index in [0.29, 0.717) is 0 Å². The molecule has 0 saturated carbocycles. The molecule has 2 aliphatic heterocycles. The van der Waals surface area contributed by atoms with Gasteiger partial charge in [0.25, 0.3) is 0 Å². The quantitative estimate of drug-likeness (QED) is 0.251. The van der Waals surface area contributed by atoms with Crippen molar-refractivity contribution in [1.29, 1.82) is 0 Å². The molecule has 2 aliphatic rings. The highest BCUT2D eigenvalue weighted by Crippen LogP contribution is 2.29. The van der Waals surface area contributed by atoms with Crippen LogP contribution in [0.1, 0.15) is 0 Å². The molecule has 0 aromatic carbocycles. The Balaban J connectivity index is 2.14. The lowest BCUT2D eigenvalue weighted by Gasteiger charge is -2.45. The van der Waals surface area contributed by atoms with Crippen molar-refractivity contribution in [3.05, 3.63) is 0 Å². The monoisotopic (exact) mass is 356 g/mol. The zero-order valence-electron chi connectivity index (χ0n) is 13.0. The van der Waals surface area contributed by atoms with Crippen LogP contribution in [-0.4, -0.2) is 117 Å². The fraction of sp³-hybridized carbons (Fsp3) is 1.00. The molecule has 2 fully saturated rings. The predicted molar refractivity (Wildman–Crippen MR) is 73.4 cm³/mol. The maximum absolute atomic E-state index is 10.2. The van der Waals surface area contributed by atoms with E-state index in [2.05, 4.69) is 0 Å². The van der Waals surface area contributed by atoms with Gasteiger partial charge in [-0.3, -0.25) is 0 Å². The molecule has 7 N–H and O–H groups in total. The molecule has 24 heavy (non-hydrogen) atoms. The molecule has 11 nitrogen and oxygen atoms in total. The van der Waals surface area contributed by atoms with Crippen LogP contribution in [0.25, 0.3) is 0 Å². The van der Waals surface area contributed by atoms with Crippen molar-refractivity contribution in [2.24, 2.45) is 0 Å². The second-order valence-electron chi connectivity index (χ2n) is 5.74. The van der Waals surface area contributed by atoms with Crippen molar-refractivity contribution in [3.8, 4) is 0 Å². The summed E-state index contributed by atoms with van der Waals surface area (Å²) in [5.74, 6) is 0. The third kappa shape index (κ3) is 3.71. The highest BCUT2D eigenvalue weighted by molar-refractivity contribution is 4.93. The first-order valence-corrected chi connectivity index (χ1v) is 7.46. The Labute approximate surface area is 137 Å². The number of hydrogen-bond donors (Lipinski definition) is 7. The van der Waals surface area contributed by atoms with Gasteiger partial charge in [0.1, 0.15) is 48.8 Å². The molecular formula is C13H24O11. The summed E-state index contributed by atoms with van der Waals surface area (Å²) >= 11 is 0. The number of hydrogen-bond acceptors (Lipinski definition) is 11. The van der Waals surface area contributed by atoms with Crippen LogP contribution in [0.5, 0.6) is 0 Å². The highest BCUT2D eigenvalue weighted by Gasteiger charge is 2.50. The Morgan fingerprint density at radius 1 is 0.708 bits per heavy atom. The Hall–Kier alpha value is -0.440. The second-order valence-corrected chi connectivity index (χ2v) is 5.74. The van der Waals surface area contributed by atoms with Gasteiger partial charge in [-0.05, 0) is 0 Å². The van der Waals surface area contributed by atoms with Crippen molar-refractivity contribution in [1.82, 2.24) is 0 Å². The molecular weight excluding hydrogens is 332 g/mol. The summed E-state index contributed by atoms with van der Waals surface area (Å²) < 4.78 is 20.6. The first-order valence-electron chi connectivity index (χ1n) is 7.46. The summed E-state index contributed by atoms with van der Waals surface area (Å²) in [5.41, 5.74) is 0. The van der Waals surface area contributed by atoms with Gasteiger partial charge in [-0.15, -0.1) is 0 Å². The van der Waals surface area contributed by atoms with E-state index in [1.807, 2.05) is 0 Å². The molecule has 0 bridgehead atoms. The van der Waals surface area contributed by atoms with Crippen molar-refractivity contribution in [3.63, 3.8) is 0 Å². The molecule has 0 radical (unpaired) electrons. The van der Waals surface area contributed by atoms with Gasteiger partial charge < -0.3 is 54.7 Å². The molecule has 10 atom stereocenters. The zero-order valence-corrected chi connectivity index (χ0v) is 13.0. The molecule has 2 saturated heterocycles. The van der Waals surface area contributed by atoms with Crippen molar-refractivity contribution in [2.45, 2.75) is 61.4 Å². The molecule has 0 spiro atoms. The van der Waals surface area contributed by atoms with Crippen LogP contribution >= 0.6 is 0 Å². The summed E-state index contributed by atoms with van der Waals surface area (Å²) in [6.45, 7) is -1.23. The molecule has 2 heterocycles. The standard InChI is InChI=1S/C13H24O11/c1-21-12-10(20)11(7(17)5(3-15)22-12)24-13-9(19)8(18)6(16)4(2-14)23-13/h4-20H,2-3H2,1H3/t4-,5-,6-,7-,8+,9+,10+,11+,12+,13+/m1/s1. The van der Waals surface area contributed by atoms with Crippen LogP contribution in [0, 0.1) is 0 Å². The lowest BCUT2D eigenvalue weighted by Crippen LogP contribution is -2.64. The number of aliphatic hydroxyl groups excluding tert-OH is 7. The summed E-state index contributed by atoms with van der Waals surface area (Å²) in [6, 6.07) is 0. The Morgan fingerprint density at radius 2 is 1.25 bits per heavy atom. The Morgan fingerprint density at radius 3 is 1.79 bits per heavy atom. The third-order valence-corrected chi connectivity index (χ3v) is 4.19. The number of ether oxygens (including phenoxy) is 4. The lowest BCUT2D eigenvalue weighted by atomic mass is 9.97. The van der Waals surface area contributed by atoms with Gasteiger partial charge in [-0.1, -0.05) is 0 Å². The largest absolute Gasteiger partial charge is 0.394 e. The molecule has 0 aromatic heterocycles. The molecule has 0 aliphatic carbocycles. The first-order chi connectivity index (χ1) is 11.3. The average Bonchev–Trinajstić information content (AvgIpc) is 2.58. The Kier molecular flexibility index (Phi) is 6.87. The van der Waals surface area contributed by atoms with Gasteiger partial charge >= 0.3 is 0 Å². The van der Waals surface area contributed by atoms with Gasteiger partial charge in [0.15, 0.2) is 12.6 Å². The number of rotatable bonds is 5. The van der Waals surface area contributed by atoms with Crippen LogP contribution in [-0.2, 0) is 18.9 Å². The van der Waals surface area contributed by atoms with E-state index in [0.717, 1.165) is 0 Å². The van der Waals surface area contributed by atoms with Crippen LogP contribution in [0.2, 0.25) is 0 Å². The third-order valence-electron chi connectivity index (χ3n) is 4.19. The van der Waals surface area contributed by atoms with Crippen molar-refractivity contribution >= 4 is 0 Å². The van der Waals surface area contributed by atoms with E-state index in [-0.39, 0.29) is 0 Å². The van der Waals surface area contributed by atoms with Gasteiger partial charge in [0.2, 0.25) is 0 Å². The van der Waals surface area contributed by atoms with Gasteiger partial charge in [-0.2, -0.15) is 0 Å². The van der Waals surface area contributed by atoms with E-state index >= 15 is 0 Å². The van der Waals surface area contributed by atoms with E-state index in [9.17, 15) is 30.6 Å². The summed E-state index contributed by atoms with van der Waals surface area (Å²) in [4.78, 5) is 0. The summed E-state index contributed by atoms with van der Waals surface area (Å²) in [5, 5.41) is 68.1. The van der Waals surface area contributed by atoms with E-state index in [1.54, 1.807) is 0 Å². The average molecular weight is 356 g/mol. The molecule has 142 valence electrons. The summed E-state index contributed by atoms with van der Waals surface area (Å²) in [6.07, 6.45) is -14.4. The zero-order chi connectivity index (χ0) is 18.0. The van der Waals surface area contributed by atoms with E-state index < -0.39 is 74.6 Å². The molecule has 2 rings (SSSR count). The minimum atomic E-state index is -1.70. The smallest absolute Gasteiger partial charge is 0.187 e. The lowest BCUT2D eigenvalue weighted by molar-refractivity contribution is -0.358. The minimum Gasteiger partial charge on any atom is -0.394 e. The van der Waals surface area contributed by atoms with Crippen LogP contribution in [0.3, 0.4) is 0 Å². The van der Waals surface area contributed by atoms with Crippen LogP contribution in [0.4, 0.5) is 0 Å².